The van der Waals surface area contributed by atoms with Crippen LogP contribution in [0, 0.1) is 0 Å². The highest BCUT2D eigenvalue weighted by Gasteiger charge is 2.41. The SMILES string of the molecule is CCOC(=O)C(F)(F)COC=O. The second-order valence-electron chi connectivity index (χ2n) is 1.83. The van der Waals surface area contributed by atoms with Crippen molar-refractivity contribution < 1.29 is 27.8 Å². The maximum Gasteiger partial charge on any atom is 0.380 e. The largest absolute Gasteiger partial charge is 0.461 e. The standard InChI is InChI=1S/C6H8F2O4/c1-2-12-5(10)6(7,8)3-11-4-9/h4H,2-3H2,1H3. The van der Waals surface area contributed by atoms with Gasteiger partial charge in [0.2, 0.25) is 0 Å². The van der Waals surface area contributed by atoms with Gasteiger partial charge in [0.25, 0.3) is 6.47 Å². The lowest BCUT2D eigenvalue weighted by Crippen LogP contribution is -2.35. The Morgan fingerprint density at radius 1 is 1.58 bits per heavy atom. The summed E-state index contributed by atoms with van der Waals surface area (Å²) < 4.78 is 32.6. The summed E-state index contributed by atoms with van der Waals surface area (Å²) >= 11 is 0. The minimum Gasteiger partial charge on any atom is -0.461 e. The number of carbonyl (C=O) groups is 2. The number of carbonyl (C=O) groups excluding carboxylic acids is 2. The molecule has 0 saturated heterocycles. The van der Waals surface area contributed by atoms with E-state index < -0.39 is 18.5 Å². The minimum absolute atomic E-state index is 0.143. The molecule has 0 rings (SSSR count). The number of hydrogen-bond donors (Lipinski definition) is 0. The Morgan fingerprint density at radius 2 is 2.17 bits per heavy atom. The quantitative estimate of drug-likeness (QED) is 0.455. The second kappa shape index (κ2) is 4.63. The van der Waals surface area contributed by atoms with Crippen LogP contribution in [0.2, 0.25) is 0 Å². The molecule has 0 amide bonds. The van der Waals surface area contributed by atoms with E-state index in [4.69, 9.17) is 0 Å². The molecule has 0 radical (unpaired) electrons. The van der Waals surface area contributed by atoms with Crippen molar-refractivity contribution in [1.82, 2.24) is 0 Å². The number of esters is 1. The molecular weight excluding hydrogens is 174 g/mol. The summed E-state index contributed by atoms with van der Waals surface area (Å²) in [7, 11) is 0. The van der Waals surface area contributed by atoms with E-state index >= 15 is 0 Å². The van der Waals surface area contributed by atoms with Crippen molar-refractivity contribution in [3.63, 3.8) is 0 Å². The zero-order chi connectivity index (χ0) is 9.61. The Morgan fingerprint density at radius 3 is 2.58 bits per heavy atom. The van der Waals surface area contributed by atoms with Crippen LogP contribution in [0.15, 0.2) is 0 Å². The highest BCUT2D eigenvalue weighted by Crippen LogP contribution is 2.15. The smallest absolute Gasteiger partial charge is 0.380 e. The molecule has 0 atom stereocenters. The van der Waals surface area contributed by atoms with Gasteiger partial charge in [-0.1, -0.05) is 0 Å². The van der Waals surface area contributed by atoms with E-state index in [1.54, 1.807) is 0 Å². The molecule has 0 saturated carbocycles. The van der Waals surface area contributed by atoms with Crippen molar-refractivity contribution in [1.29, 1.82) is 0 Å². The zero-order valence-electron chi connectivity index (χ0n) is 6.38. The number of rotatable bonds is 5. The van der Waals surface area contributed by atoms with Crippen LogP contribution >= 0.6 is 0 Å². The Hall–Kier alpha value is -1.20. The Balaban J connectivity index is 3.98. The van der Waals surface area contributed by atoms with Crippen molar-refractivity contribution >= 4 is 12.4 Å². The summed E-state index contributed by atoms with van der Waals surface area (Å²) in [6.45, 7) is -0.188. The molecule has 0 aromatic heterocycles. The predicted molar refractivity (Wildman–Crippen MR) is 33.6 cm³/mol. The third-order valence-corrected chi connectivity index (χ3v) is 0.907. The first-order valence-corrected chi connectivity index (χ1v) is 3.15. The lowest BCUT2D eigenvalue weighted by atomic mass is 10.4. The van der Waals surface area contributed by atoms with E-state index in [2.05, 4.69) is 9.47 Å². The molecule has 0 aliphatic heterocycles. The van der Waals surface area contributed by atoms with E-state index in [0.717, 1.165) is 0 Å². The molecule has 4 nitrogen and oxygen atoms in total. The van der Waals surface area contributed by atoms with Crippen LogP contribution in [0.4, 0.5) is 8.78 Å². The molecule has 0 unspecified atom stereocenters. The van der Waals surface area contributed by atoms with Gasteiger partial charge in [0.05, 0.1) is 6.61 Å². The number of ether oxygens (including phenoxy) is 2. The molecule has 0 N–H and O–H groups in total. The molecule has 0 aliphatic rings. The van der Waals surface area contributed by atoms with Gasteiger partial charge < -0.3 is 9.47 Å². The molecule has 12 heavy (non-hydrogen) atoms. The fourth-order valence-electron chi connectivity index (χ4n) is 0.434. The summed E-state index contributed by atoms with van der Waals surface area (Å²) in [5.74, 6) is -5.44. The van der Waals surface area contributed by atoms with Crippen molar-refractivity contribution in [2.75, 3.05) is 13.2 Å². The summed E-state index contributed by atoms with van der Waals surface area (Å²) in [5, 5.41) is 0. The molecular formula is C6H8F2O4. The van der Waals surface area contributed by atoms with E-state index in [-0.39, 0.29) is 13.1 Å². The van der Waals surface area contributed by atoms with Gasteiger partial charge in [-0.15, -0.1) is 0 Å². The molecule has 0 aromatic carbocycles. The third kappa shape index (κ3) is 3.27. The number of hydrogen-bond acceptors (Lipinski definition) is 4. The van der Waals surface area contributed by atoms with Crippen LogP contribution in [-0.2, 0) is 19.1 Å². The van der Waals surface area contributed by atoms with Crippen LogP contribution < -0.4 is 0 Å². The zero-order valence-corrected chi connectivity index (χ0v) is 6.38. The van der Waals surface area contributed by atoms with Crippen molar-refractivity contribution in [3.05, 3.63) is 0 Å². The fourth-order valence-corrected chi connectivity index (χ4v) is 0.434. The molecule has 0 bridgehead atoms. The topological polar surface area (TPSA) is 52.6 Å². The highest BCUT2D eigenvalue weighted by atomic mass is 19.3. The molecule has 0 fully saturated rings. The van der Waals surface area contributed by atoms with Gasteiger partial charge in [0, 0.05) is 0 Å². The first-order chi connectivity index (χ1) is 5.54. The predicted octanol–water partition coefficient (Wildman–Crippen LogP) is 0.358. The van der Waals surface area contributed by atoms with Crippen molar-refractivity contribution in [2.45, 2.75) is 12.8 Å². The van der Waals surface area contributed by atoms with Gasteiger partial charge in [-0.3, -0.25) is 4.79 Å². The molecule has 70 valence electrons. The van der Waals surface area contributed by atoms with Crippen LogP contribution in [0.1, 0.15) is 6.92 Å². The highest BCUT2D eigenvalue weighted by molar-refractivity contribution is 5.77. The monoisotopic (exact) mass is 182 g/mol. The maximum atomic E-state index is 12.4. The second-order valence-corrected chi connectivity index (χ2v) is 1.83. The van der Waals surface area contributed by atoms with Gasteiger partial charge >= 0.3 is 11.9 Å². The van der Waals surface area contributed by atoms with Crippen LogP contribution in [-0.4, -0.2) is 31.6 Å². The van der Waals surface area contributed by atoms with E-state index in [1.165, 1.54) is 6.92 Å². The van der Waals surface area contributed by atoms with E-state index in [1.807, 2.05) is 0 Å². The molecule has 0 aliphatic carbocycles. The summed E-state index contributed by atoms with van der Waals surface area (Å²) in [4.78, 5) is 19.9. The average molecular weight is 182 g/mol. The van der Waals surface area contributed by atoms with Crippen molar-refractivity contribution in [2.24, 2.45) is 0 Å². The lowest BCUT2D eigenvalue weighted by molar-refractivity contribution is -0.179. The molecule has 0 heterocycles. The minimum atomic E-state index is -3.75. The fraction of sp³-hybridized carbons (Fsp3) is 0.667. The summed E-state index contributed by atoms with van der Waals surface area (Å²) in [6.07, 6.45) is 0. The lowest BCUT2D eigenvalue weighted by Gasteiger charge is -2.12. The van der Waals surface area contributed by atoms with Crippen molar-refractivity contribution in [3.8, 4) is 0 Å². The van der Waals surface area contributed by atoms with Crippen LogP contribution in [0.5, 0.6) is 0 Å². The van der Waals surface area contributed by atoms with Gasteiger partial charge in [0.15, 0.2) is 6.61 Å². The van der Waals surface area contributed by atoms with Crippen LogP contribution in [0.25, 0.3) is 0 Å². The number of alkyl halides is 2. The summed E-state index contributed by atoms with van der Waals surface area (Å²) in [5.41, 5.74) is 0. The number of halogens is 2. The van der Waals surface area contributed by atoms with E-state index in [0.29, 0.717) is 0 Å². The first-order valence-electron chi connectivity index (χ1n) is 3.15. The van der Waals surface area contributed by atoms with Gasteiger partial charge in [-0.25, -0.2) is 4.79 Å². The third-order valence-electron chi connectivity index (χ3n) is 0.907. The first kappa shape index (κ1) is 10.8. The maximum absolute atomic E-state index is 12.4. The van der Waals surface area contributed by atoms with Gasteiger partial charge in [-0.05, 0) is 6.92 Å². The molecule has 6 heteroatoms. The molecule has 0 aromatic rings. The average Bonchev–Trinajstić information content (AvgIpc) is 2.01. The Bertz CT molecular complexity index is 169. The van der Waals surface area contributed by atoms with Gasteiger partial charge in [-0.2, -0.15) is 8.78 Å². The molecule has 0 spiro atoms. The normalized spacial score (nSPS) is 10.6. The van der Waals surface area contributed by atoms with Crippen LogP contribution in [0.3, 0.4) is 0 Å². The summed E-state index contributed by atoms with van der Waals surface area (Å²) in [6, 6.07) is 0. The Labute approximate surface area is 67.4 Å². The Kier molecular flexibility index (Phi) is 4.17. The van der Waals surface area contributed by atoms with E-state index in [9.17, 15) is 18.4 Å². The van der Waals surface area contributed by atoms with Gasteiger partial charge in [0.1, 0.15) is 0 Å².